The van der Waals surface area contributed by atoms with E-state index in [9.17, 15) is 0 Å². The molecule has 2 saturated carbocycles. The number of hydrogen-bond donors (Lipinski definition) is 0. The van der Waals surface area contributed by atoms with E-state index in [2.05, 4.69) is 27.7 Å². The van der Waals surface area contributed by atoms with E-state index >= 15 is 0 Å². The van der Waals surface area contributed by atoms with Crippen LogP contribution in [0.3, 0.4) is 0 Å². The molecule has 0 aromatic heterocycles. The highest BCUT2D eigenvalue weighted by molar-refractivity contribution is 4.96. The molecule has 13 heavy (non-hydrogen) atoms. The van der Waals surface area contributed by atoms with Crippen LogP contribution in [-0.4, -0.2) is 11.2 Å². The predicted octanol–water partition coefficient (Wildman–Crippen LogP) is 3.38. The fraction of sp³-hybridized carbons (Fsp3) is 1.00. The Bertz CT molecular complexity index is 175. The summed E-state index contributed by atoms with van der Waals surface area (Å²) < 4.78 is 6.27. The normalized spacial score (nSPS) is 24.9. The Hall–Kier alpha value is -0.0400. The van der Waals surface area contributed by atoms with E-state index in [0.29, 0.717) is 0 Å². The maximum atomic E-state index is 6.27. The van der Waals surface area contributed by atoms with Gasteiger partial charge in [-0.3, -0.25) is 0 Å². The second-order valence-corrected chi connectivity index (χ2v) is 5.86. The fourth-order valence-electron chi connectivity index (χ4n) is 2.40. The molecule has 0 spiro atoms. The average Bonchev–Trinajstić information content (AvgIpc) is 2.81. The first-order chi connectivity index (χ1) is 5.92. The highest BCUT2D eigenvalue weighted by Gasteiger charge is 2.46. The van der Waals surface area contributed by atoms with Crippen molar-refractivity contribution in [3.63, 3.8) is 0 Å². The second-order valence-electron chi connectivity index (χ2n) is 5.86. The monoisotopic (exact) mass is 182 g/mol. The molecule has 2 fully saturated rings. The van der Waals surface area contributed by atoms with E-state index in [4.69, 9.17) is 4.74 Å². The van der Waals surface area contributed by atoms with Gasteiger partial charge in [0, 0.05) is 0 Å². The molecule has 0 radical (unpaired) electrons. The topological polar surface area (TPSA) is 9.23 Å². The first-order valence-corrected chi connectivity index (χ1v) is 5.62. The van der Waals surface area contributed by atoms with Gasteiger partial charge in [0.05, 0.1) is 11.2 Å². The zero-order valence-electron chi connectivity index (χ0n) is 9.39. The lowest BCUT2D eigenvalue weighted by atomic mass is 9.97. The minimum absolute atomic E-state index is 0.117. The van der Waals surface area contributed by atoms with Crippen molar-refractivity contribution in [2.75, 3.05) is 0 Å². The van der Waals surface area contributed by atoms with E-state index in [1.165, 1.54) is 25.7 Å². The van der Waals surface area contributed by atoms with Gasteiger partial charge in [0.2, 0.25) is 0 Å². The van der Waals surface area contributed by atoms with Gasteiger partial charge in [-0.25, -0.2) is 0 Å². The second kappa shape index (κ2) is 2.73. The van der Waals surface area contributed by atoms with Crippen LogP contribution in [0.15, 0.2) is 0 Å². The molecule has 2 aliphatic rings. The Labute approximate surface area is 81.9 Å². The molecule has 2 aliphatic carbocycles. The third-order valence-corrected chi connectivity index (χ3v) is 3.65. The van der Waals surface area contributed by atoms with Crippen LogP contribution in [0.4, 0.5) is 0 Å². The van der Waals surface area contributed by atoms with E-state index in [0.717, 1.165) is 11.8 Å². The zero-order chi connectivity index (χ0) is 9.69. The van der Waals surface area contributed by atoms with Gasteiger partial charge >= 0.3 is 0 Å². The molecule has 0 aromatic carbocycles. The van der Waals surface area contributed by atoms with Crippen LogP contribution >= 0.6 is 0 Å². The van der Waals surface area contributed by atoms with Crippen molar-refractivity contribution in [3.05, 3.63) is 0 Å². The van der Waals surface area contributed by atoms with E-state index in [1.807, 2.05) is 0 Å². The number of ether oxygens (including phenoxy) is 1. The summed E-state index contributed by atoms with van der Waals surface area (Å²) in [5, 5.41) is 0. The van der Waals surface area contributed by atoms with Crippen LogP contribution < -0.4 is 0 Å². The van der Waals surface area contributed by atoms with Crippen molar-refractivity contribution in [2.45, 2.75) is 64.6 Å². The molecule has 0 aliphatic heterocycles. The molecule has 0 saturated heterocycles. The van der Waals surface area contributed by atoms with Gasteiger partial charge in [-0.05, 0) is 65.2 Å². The Morgan fingerprint density at radius 1 is 0.769 bits per heavy atom. The first kappa shape index (κ1) is 9.51. The van der Waals surface area contributed by atoms with E-state index in [-0.39, 0.29) is 11.2 Å². The zero-order valence-corrected chi connectivity index (χ0v) is 9.39. The Morgan fingerprint density at radius 3 is 1.31 bits per heavy atom. The van der Waals surface area contributed by atoms with E-state index < -0.39 is 0 Å². The summed E-state index contributed by atoms with van der Waals surface area (Å²) in [6.07, 6.45) is 5.48. The molecule has 0 bridgehead atoms. The van der Waals surface area contributed by atoms with Crippen molar-refractivity contribution >= 4 is 0 Å². The molecule has 0 aromatic rings. The maximum Gasteiger partial charge on any atom is 0.0661 e. The Kier molecular flexibility index (Phi) is 1.99. The predicted molar refractivity (Wildman–Crippen MR) is 54.7 cm³/mol. The third kappa shape index (κ3) is 2.07. The molecule has 2 rings (SSSR count). The quantitative estimate of drug-likeness (QED) is 0.647. The molecule has 1 nitrogen and oxygen atoms in total. The number of rotatable bonds is 4. The van der Waals surface area contributed by atoms with Crippen molar-refractivity contribution in [1.29, 1.82) is 0 Å². The van der Waals surface area contributed by atoms with Gasteiger partial charge in [0.1, 0.15) is 0 Å². The third-order valence-electron chi connectivity index (χ3n) is 3.65. The minimum atomic E-state index is 0.117. The molecule has 76 valence electrons. The van der Waals surface area contributed by atoms with Crippen LogP contribution in [0.2, 0.25) is 0 Å². The highest BCUT2D eigenvalue weighted by Crippen LogP contribution is 2.48. The van der Waals surface area contributed by atoms with Crippen LogP contribution in [0.5, 0.6) is 0 Å². The summed E-state index contributed by atoms with van der Waals surface area (Å²) in [6.45, 7) is 9.03. The summed E-state index contributed by atoms with van der Waals surface area (Å²) in [4.78, 5) is 0. The van der Waals surface area contributed by atoms with Gasteiger partial charge in [-0.1, -0.05) is 0 Å². The van der Waals surface area contributed by atoms with Crippen LogP contribution in [0.1, 0.15) is 53.4 Å². The van der Waals surface area contributed by atoms with Gasteiger partial charge in [-0.2, -0.15) is 0 Å². The van der Waals surface area contributed by atoms with Gasteiger partial charge in [-0.15, -0.1) is 0 Å². The lowest BCUT2D eigenvalue weighted by Crippen LogP contribution is -2.40. The first-order valence-electron chi connectivity index (χ1n) is 5.62. The van der Waals surface area contributed by atoms with Crippen molar-refractivity contribution < 1.29 is 4.74 Å². The minimum Gasteiger partial charge on any atom is -0.369 e. The fourth-order valence-corrected chi connectivity index (χ4v) is 2.40. The van der Waals surface area contributed by atoms with E-state index in [1.54, 1.807) is 0 Å². The van der Waals surface area contributed by atoms with Crippen LogP contribution in [0, 0.1) is 11.8 Å². The molecule has 1 heteroatoms. The molecule has 0 heterocycles. The molecule has 0 unspecified atom stereocenters. The van der Waals surface area contributed by atoms with Crippen LogP contribution in [0.25, 0.3) is 0 Å². The van der Waals surface area contributed by atoms with Crippen molar-refractivity contribution in [2.24, 2.45) is 11.8 Å². The van der Waals surface area contributed by atoms with Crippen molar-refractivity contribution in [3.8, 4) is 0 Å². The molecule has 0 atom stereocenters. The summed E-state index contributed by atoms with van der Waals surface area (Å²) >= 11 is 0. The molecule has 0 N–H and O–H groups in total. The SMILES string of the molecule is CC(C)(OC(C)(C)C1CC1)C1CC1. The lowest BCUT2D eigenvalue weighted by molar-refractivity contribution is -0.143. The maximum absolute atomic E-state index is 6.27. The highest BCUT2D eigenvalue weighted by atomic mass is 16.5. The number of hydrogen-bond acceptors (Lipinski definition) is 1. The summed E-state index contributed by atoms with van der Waals surface area (Å²) in [5.74, 6) is 1.65. The Morgan fingerprint density at radius 2 is 1.08 bits per heavy atom. The van der Waals surface area contributed by atoms with Crippen LogP contribution in [-0.2, 0) is 4.74 Å². The van der Waals surface area contributed by atoms with Gasteiger partial charge in [0.25, 0.3) is 0 Å². The van der Waals surface area contributed by atoms with Gasteiger partial charge < -0.3 is 4.74 Å². The lowest BCUT2D eigenvalue weighted by Gasteiger charge is -2.36. The molecule has 0 amide bonds. The molecular weight excluding hydrogens is 160 g/mol. The summed E-state index contributed by atoms with van der Waals surface area (Å²) in [6, 6.07) is 0. The smallest absolute Gasteiger partial charge is 0.0661 e. The van der Waals surface area contributed by atoms with Gasteiger partial charge in [0.15, 0.2) is 0 Å². The summed E-state index contributed by atoms with van der Waals surface area (Å²) in [5.41, 5.74) is 0.234. The van der Waals surface area contributed by atoms with Crippen molar-refractivity contribution in [1.82, 2.24) is 0 Å². The molecular formula is C12H22O. The standard InChI is InChI=1S/C12H22O/c1-11(2,9-5-6-9)13-12(3,4)10-7-8-10/h9-10H,5-8H2,1-4H3. The Balaban J connectivity index is 1.94. The largest absolute Gasteiger partial charge is 0.369 e. The average molecular weight is 182 g/mol. The summed E-state index contributed by atoms with van der Waals surface area (Å²) in [7, 11) is 0.